The van der Waals surface area contributed by atoms with Crippen LogP contribution in [0.1, 0.15) is 68.8 Å². The lowest BCUT2D eigenvalue weighted by Crippen LogP contribution is -2.49. The van der Waals surface area contributed by atoms with E-state index in [4.69, 9.17) is 15.2 Å². The van der Waals surface area contributed by atoms with Crippen molar-refractivity contribution in [2.45, 2.75) is 63.9 Å². The summed E-state index contributed by atoms with van der Waals surface area (Å²) in [6.45, 7) is 3.92. The van der Waals surface area contributed by atoms with Crippen molar-refractivity contribution in [2.75, 3.05) is 26.2 Å². The number of aromatic nitrogens is 2. The Hall–Kier alpha value is -2.91. The molecular weight excluding hydrogens is 426 g/mol. The van der Waals surface area contributed by atoms with Crippen molar-refractivity contribution in [1.29, 1.82) is 0 Å². The Balaban J connectivity index is 1.09. The second-order valence-corrected chi connectivity index (χ2v) is 9.96. The van der Waals surface area contributed by atoms with E-state index in [2.05, 4.69) is 15.3 Å². The predicted octanol–water partition coefficient (Wildman–Crippen LogP) is 2.03. The van der Waals surface area contributed by atoms with Crippen LogP contribution < -0.4 is 15.8 Å². The van der Waals surface area contributed by atoms with E-state index in [-0.39, 0.29) is 23.9 Å². The molecule has 1 aliphatic heterocycles. The molecule has 1 saturated heterocycles. The maximum atomic E-state index is 12.3. The van der Waals surface area contributed by atoms with Gasteiger partial charge in [-0.1, -0.05) is 0 Å². The number of rotatable bonds is 9. The highest BCUT2D eigenvalue weighted by Gasteiger charge is 2.47. The third-order valence-corrected chi connectivity index (χ3v) is 7.10. The van der Waals surface area contributed by atoms with E-state index in [1.54, 1.807) is 0 Å². The molecule has 1 aromatic rings. The van der Waals surface area contributed by atoms with Crippen LogP contribution in [-0.4, -0.2) is 64.6 Å². The lowest BCUT2D eigenvalue weighted by molar-refractivity contribution is -0.117. The summed E-state index contributed by atoms with van der Waals surface area (Å²) in [6.07, 6.45) is 11.2. The molecule has 0 bridgehead atoms. The van der Waals surface area contributed by atoms with Gasteiger partial charge in [0.05, 0.1) is 25.5 Å². The smallest absolute Gasteiger partial charge is 0.410 e. The summed E-state index contributed by atoms with van der Waals surface area (Å²) in [5, 5.41) is 2.36. The zero-order chi connectivity index (χ0) is 23.5. The number of carbonyl (C=O) groups is 3. The van der Waals surface area contributed by atoms with Gasteiger partial charge in [0.2, 0.25) is 11.8 Å². The Morgan fingerprint density at radius 3 is 2.48 bits per heavy atom. The molecule has 180 valence electrons. The first-order valence-electron chi connectivity index (χ1n) is 11.8. The number of hydrogen-bond acceptors (Lipinski definition) is 7. The van der Waals surface area contributed by atoms with Crippen LogP contribution in [0, 0.1) is 11.3 Å². The molecule has 1 spiro atoms. The van der Waals surface area contributed by atoms with Crippen molar-refractivity contribution in [3.05, 3.63) is 18.1 Å². The van der Waals surface area contributed by atoms with E-state index in [1.807, 2.05) is 11.8 Å². The second-order valence-electron chi connectivity index (χ2n) is 9.96. The van der Waals surface area contributed by atoms with E-state index in [0.29, 0.717) is 23.8 Å². The van der Waals surface area contributed by atoms with Crippen LogP contribution in [0.2, 0.25) is 0 Å². The molecule has 1 aromatic heterocycles. The number of piperidine rings is 1. The van der Waals surface area contributed by atoms with Crippen molar-refractivity contribution in [3.63, 3.8) is 0 Å². The average molecular weight is 460 g/mol. The molecule has 2 saturated carbocycles. The van der Waals surface area contributed by atoms with Crippen LogP contribution in [0.5, 0.6) is 5.88 Å². The van der Waals surface area contributed by atoms with E-state index in [0.717, 1.165) is 51.6 Å². The van der Waals surface area contributed by atoms with Crippen molar-refractivity contribution in [2.24, 2.45) is 17.1 Å². The molecule has 3 N–H and O–H groups in total. The molecule has 10 heteroatoms. The number of likely N-dealkylation sites (tertiary alicyclic amines) is 1. The number of hydrogen-bond donors (Lipinski definition) is 2. The summed E-state index contributed by atoms with van der Waals surface area (Å²) in [5.41, 5.74) is 5.30. The summed E-state index contributed by atoms with van der Waals surface area (Å²) in [7, 11) is 0. The first-order valence-corrected chi connectivity index (χ1v) is 11.8. The van der Waals surface area contributed by atoms with Gasteiger partial charge in [0.1, 0.15) is 11.3 Å². The first kappa shape index (κ1) is 23.3. The highest BCUT2D eigenvalue weighted by Crippen LogP contribution is 2.54. The summed E-state index contributed by atoms with van der Waals surface area (Å²) in [4.78, 5) is 44.7. The average Bonchev–Trinajstić information content (AvgIpc) is 3.50. The monoisotopic (exact) mass is 459 g/mol. The first-order chi connectivity index (χ1) is 15.8. The molecule has 2 aliphatic carbocycles. The van der Waals surface area contributed by atoms with Gasteiger partial charge in [-0.3, -0.25) is 9.59 Å². The van der Waals surface area contributed by atoms with Gasteiger partial charge in [-0.05, 0) is 69.6 Å². The standard InChI is InChI=1S/C23H33N5O5/c1-22(4-5-22)33-21(31)28-8-6-23(7-9-28)11-16(12-23)3-2-10-32-19-15-25-17(13-26-19)20(30)27-14-18(24)29/h13,15-16H,2-12,14H2,1H3,(H2,24,29)(H,27,30). The predicted molar refractivity (Wildman–Crippen MR) is 118 cm³/mol. The van der Waals surface area contributed by atoms with Gasteiger partial charge in [-0.2, -0.15) is 0 Å². The fraction of sp³-hybridized carbons (Fsp3) is 0.696. The summed E-state index contributed by atoms with van der Waals surface area (Å²) in [5.74, 6) is -0.0560. The van der Waals surface area contributed by atoms with Crippen molar-refractivity contribution in [1.82, 2.24) is 20.2 Å². The molecule has 0 unspecified atom stereocenters. The molecule has 4 rings (SSSR count). The lowest BCUT2D eigenvalue weighted by Gasteiger charge is -2.52. The van der Waals surface area contributed by atoms with Crippen molar-refractivity contribution >= 4 is 17.9 Å². The van der Waals surface area contributed by atoms with Crippen LogP contribution in [0.4, 0.5) is 4.79 Å². The molecule has 33 heavy (non-hydrogen) atoms. The van der Waals surface area contributed by atoms with Crippen LogP contribution in [0.3, 0.4) is 0 Å². The van der Waals surface area contributed by atoms with Gasteiger partial charge in [-0.25, -0.2) is 14.8 Å². The molecule has 3 fully saturated rings. The molecule has 3 aliphatic rings. The minimum Gasteiger partial charge on any atom is -0.477 e. The Morgan fingerprint density at radius 1 is 1.15 bits per heavy atom. The topological polar surface area (TPSA) is 137 Å². The van der Waals surface area contributed by atoms with Gasteiger partial charge < -0.3 is 25.4 Å². The third-order valence-electron chi connectivity index (χ3n) is 7.10. The van der Waals surface area contributed by atoms with Gasteiger partial charge >= 0.3 is 6.09 Å². The third kappa shape index (κ3) is 6.11. The number of ether oxygens (including phenoxy) is 2. The summed E-state index contributed by atoms with van der Waals surface area (Å²) in [6, 6.07) is 0. The molecule has 0 aromatic carbocycles. The fourth-order valence-electron chi connectivity index (χ4n) is 4.81. The highest BCUT2D eigenvalue weighted by atomic mass is 16.6. The summed E-state index contributed by atoms with van der Waals surface area (Å²) >= 11 is 0. The number of nitrogens with one attached hydrogen (secondary N) is 1. The number of nitrogens with zero attached hydrogens (tertiary/aromatic N) is 3. The largest absolute Gasteiger partial charge is 0.477 e. The van der Waals surface area contributed by atoms with Crippen molar-refractivity contribution < 1.29 is 23.9 Å². The zero-order valence-corrected chi connectivity index (χ0v) is 19.2. The van der Waals surface area contributed by atoms with Gasteiger partial charge in [0, 0.05) is 13.1 Å². The molecule has 3 amide bonds. The second kappa shape index (κ2) is 9.52. The van der Waals surface area contributed by atoms with E-state index in [1.165, 1.54) is 25.2 Å². The highest BCUT2D eigenvalue weighted by molar-refractivity contribution is 5.94. The van der Waals surface area contributed by atoms with Crippen LogP contribution in [0.15, 0.2) is 12.4 Å². The zero-order valence-electron chi connectivity index (χ0n) is 19.2. The van der Waals surface area contributed by atoms with Crippen molar-refractivity contribution in [3.8, 4) is 5.88 Å². The van der Waals surface area contributed by atoms with E-state index in [9.17, 15) is 14.4 Å². The Kier molecular flexibility index (Phi) is 6.71. The van der Waals surface area contributed by atoms with Crippen LogP contribution in [-0.2, 0) is 9.53 Å². The Bertz CT molecular complexity index is 870. The van der Waals surface area contributed by atoms with Crippen LogP contribution >= 0.6 is 0 Å². The molecule has 2 heterocycles. The lowest BCUT2D eigenvalue weighted by atomic mass is 9.56. The Labute approximate surface area is 193 Å². The SMILES string of the molecule is CC1(OC(=O)N2CCC3(CC2)CC(CCCOc2cnc(C(=O)NCC(N)=O)cn2)C3)CC1. The number of amides is 3. The number of primary amides is 1. The Morgan fingerprint density at radius 2 is 1.88 bits per heavy atom. The quantitative estimate of drug-likeness (QED) is 0.539. The van der Waals surface area contributed by atoms with Gasteiger partial charge in [0.25, 0.3) is 5.91 Å². The molecular formula is C23H33N5O5. The molecule has 10 nitrogen and oxygen atoms in total. The van der Waals surface area contributed by atoms with E-state index < -0.39 is 11.8 Å². The molecule has 0 atom stereocenters. The maximum Gasteiger partial charge on any atom is 0.410 e. The maximum absolute atomic E-state index is 12.3. The number of carbonyl (C=O) groups excluding carboxylic acids is 3. The van der Waals surface area contributed by atoms with Gasteiger partial charge in [-0.15, -0.1) is 0 Å². The van der Waals surface area contributed by atoms with Gasteiger partial charge in [0.15, 0.2) is 0 Å². The minimum absolute atomic E-state index is 0.101. The van der Waals surface area contributed by atoms with Crippen LogP contribution in [0.25, 0.3) is 0 Å². The summed E-state index contributed by atoms with van der Waals surface area (Å²) < 4.78 is 11.2. The fourth-order valence-corrected chi connectivity index (χ4v) is 4.81. The minimum atomic E-state index is -0.623. The number of nitrogens with two attached hydrogens (primary N) is 1. The normalized spacial score (nSPS) is 20.6. The van der Waals surface area contributed by atoms with E-state index >= 15 is 0 Å². The molecule has 0 radical (unpaired) electrons.